The van der Waals surface area contributed by atoms with Gasteiger partial charge in [-0.2, -0.15) is 8.42 Å². The molecule has 0 saturated heterocycles. The van der Waals surface area contributed by atoms with Gasteiger partial charge in [0.2, 0.25) is 0 Å². The summed E-state index contributed by atoms with van der Waals surface area (Å²) < 4.78 is 33.2. The van der Waals surface area contributed by atoms with Gasteiger partial charge in [0.25, 0.3) is 10.1 Å². The highest BCUT2D eigenvalue weighted by Gasteiger charge is 2.05. The fourth-order valence-corrected chi connectivity index (χ4v) is 1.30. The van der Waals surface area contributed by atoms with E-state index in [9.17, 15) is 18.0 Å². The topological polar surface area (TPSA) is 97.7 Å². The van der Waals surface area contributed by atoms with Gasteiger partial charge in [0.15, 0.2) is 0 Å². The summed E-state index contributed by atoms with van der Waals surface area (Å²) in [6, 6.07) is 7.42. The van der Waals surface area contributed by atoms with Crippen molar-refractivity contribution in [1.29, 1.82) is 0 Å². The maximum Gasteiger partial charge on any atom is 0.310 e. The van der Waals surface area contributed by atoms with E-state index < -0.39 is 22.1 Å². The lowest BCUT2D eigenvalue weighted by molar-refractivity contribution is -0.156. The molecule has 0 spiro atoms. The van der Waals surface area contributed by atoms with Crippen LogP contribution in [0.15, 0.2) is 35.2 Å². The Bertz CT molecular complexity index is 465. The van der Waals surface area contributed by atoms with Crippen LogP contribution in [0, 0.1) is 0 Å². The first kappa shape index (κ1) is 15.3. The molecule has 1 N–H and O–H groups in total. The van der Waals surface area contributed by atoms with Gasteiger partial charge in [-0.15, -0.1) is 0 Å². The second kappa shape index (κ2) is 6.77. The van der Waals surface area contributed by atoms with Crippen molar-refractivity contribution in [3.05, 3.63) is 30.3 Å². The highest BCUT2D eigenvalue weighted by molar-refractivity contribution is 7.85. The molecule has 0 aromatic heterocycles. The number of rotatable bonds is 1. The minimum Gasteiger partial charge on any atom is -0.394 e. The molecule has 0 aliphatic carbocycles. The van der Waals surface area contributed by atoms with E-state index in [1.54, 1.807) is 18.2 Å². The zero-order valence-corrected chi connectivity index (χ0v) is 10.1. The van der Waals surface area contributed by atoms with Crippen LogP contribution in [0.3, 0.4) is 0 Å². The van der Waals surface area contributed by atoms with Gasteiger partial charge in [0, 0.05) is 13.8 Å². The number of carbonyl (C=O) groups excluding carboxylic acids is 2. The Balaban J connectivity index is 0.000000325. The van der Waals surface area contributed by atoms with Crippen LogP contribution in [0.4, 0.5) is 0 Å². The third-order valence-electron chi connectivity index (χ3n) is 1.33. The Morgan fingerprint density at radius 1 is 1.06 bits per heavy atom. The Morgan fingerprint density at radius 2 is 1.47 bits per heavy atom. The van der Waals surface area contributed by atoms with Gasteiger partial charge in [-0.25, -0.2) is 0 Å². The van der Waals surface area contributed by atoms with Crippen molar-refractivity contribution in [2.75, 3.05) is 0 Å². The molecule has 7 heteroatoms. The predicted molar refractivity (Wildman–Crippen MR) is 58.7 cm³/mol. The van der Waals surface area contributed by atoms with E-state index >= 15 is 0 Å². The average molecular weight is 260 g/mol. The second-order valence-corrected chi connectivity index (χ2v) is 4.29. The summed E-state index contributed by atoms with van der Waals surface area (Å²) in [6.45, 7) is 2.36. The molecule has 1 rings (SSSR count). The van der Waals surface area contributed by atoms with Gasteiger partial charge < -0.3 is 4.74 Å². The molecule has 0 radical (unpaired) electrons. The van der Waals surface area contributed by atoms with Crippen molar-refractivity contribution >= 4 is 22.1 Å². The van der Waals surface area contributed by atoms with Crippen molar-refractivity contribution in [1.82, 2.24) is 0 Å². The summed E-state index contributed by atoms with van der Waals surface area (Å²) in [5, 5.41) is 0. The number of hydrogen-bond donors (Lipinski definition) is 1. The van der Waals surface area contributed by atoms with Crippen LogP contribution in [0.2, 0.25) is 0 Å². The van der Waals surface area contributed by atoms with E-state index in [0.29, 0.717) is 0 Å². The van der Waals surface area contributed by atoms with Crippen LogP contribution in [-0.4, -0.2) is 24.9 Å². The molecule has 0 heterocycles. The van der Waals surface area contributed by atoms with Crippen LogP contribution < -0.4 is 0 Å². The third-order valence-corrected chi connectivity index (χ3v) is 2.20. The molecule has 0 aliphatic rings. The number of benzene rings is 1. The number of ether oxygens (including phenoxy) is 1. The van der Waals surface area contributed by atoms with Crippen LogP contribution in [-0.2, 0) is 24.4 Å². The Hall–Kier alpha value is -1.73. The Labute approximate surface area is 99.0 Å². The van der Waals surface area contributed by atoms with E-state index in [4.69, 9.17) is 4.55 Å². The van der Waals surface area contributed by atoms with Gasteiger partial charge in [-0.1, -0.05) is 18.2 Å². The van der Waals surface area contributed by atoms with Crippen LogP contribution in [0.1, 0.15) is 13.8 Å². The van der Waals surface area contributed by atoms with E-state index in [0.717, 1.165) is 0 Å². The largest absolute Gasteiger partial charge is 0.394 e. The molecule has 0 amide bonds. The smallest absolute Gasteiger partial charge is 0.310 e. The normalized spacial score (nSPS) is 9.82. The lowest BCUT2D eigenvalue weighted by Crippen LogP contribution is -2.03. The fraction of sp³-hybridized carbons (Fsp3) is 0.200. The zero-order valence-electron chi connectivity index (χ0n) is 9.28. The molecule has 0 unspecified atom stereocenters. The molecule has 1 aromatic rings. The lowest BCUT2D eigenvalue weighted by Gasteiger charge is -1.92. The molecule has 6 nitrogen and oxygen atoms in total. The summed E-state index contributed by atoms with van der Waals surface area (Å²) in [5.41, 5.74) is 0. The molecular formula is C10H12O6S. The SMILES string of the molecule is CC(=O)OC(C)=O.O=S(=O)(O)c1ccccc1. The Morgan fingerprint density at radius 3 is 1.65 bits per heavy atom. The average Bonchev–Trinajstić information content (AvgIpc) is 2.16. The summed E-state index contributed by atoms with van der Waals surface area (Å²) in [4.78, 5) is 19.5. The predicted octanol–water partition coefficient (Wildman–Crippen LogP) is 1.03. The number of hydrogen-bond acceptors (Lipinski definition) is 5. The fourth-order valence-electron chi connectivity index (χ4n) is 0.795. The third kappa shape index (κ3) is 8.12. The maximum absolute atomic E-state index is 10.4. The quantitative estimate of drug-likeness (QED) is 0.460. The van der Waals surface area contributed by atoms with Crippen molar-refractivity contribution in [2.45, 2.75) is 18.7 Å². The summed E-state index contributed by atoms with van der Waals surface area (Å²) in [5.74, 6) is -1.12. The second-order valence-electron chi connectivity index (χ2n) is 2.87. The van der Waals surface area contributed by atoms with E-state index in [1.165, 1.54) is 26.0 Å². The zero-order chi connectivity index (χ0) is 13.5. The molecule has 0 fully saturated rings. The van der Waals surface area contributed by atoms with Crippen molar-refractivity contribution in [3.63, 3.8) is 0 Å². The summed E-state index contributed by atoms with van der Waals surface area (Å²) in [6.07, 6.45) is 0. The van der Waals surface area contributed by atoms with Crippen LogP contribution >= 0.6 is 0 Å². The van der Waals surface area contributed by atoms with Crippen molar-refractivity contribution in [2.24, 2.45) is 0 Å². The molecule has 94 valence electrons. The van der Waals surface area contributed by atoms with Gasteiger partial charge >= 0.3 is 11.9 Å². The summed E-state index contributed by atoms with van der Waals surface area (Å²) >= 11 is 0. The summed E-state index contributed by atoms with van der Waals surface area (Å²) in [7, 11) is -4.00. The first-order valence-electron chi connectivity index (χ1n) is 4.45. The van der Waals surface area contributed by atoms with Gasteiger partial charge in [-0.05, 0) is 12.1 Å². The molecule has 0 atom stereocenters. The van der Waals surface area contributed by atoms with E-state index in [-0.39, 0.29) is 4.90 Å². The van der Waals surface area contributed by atoms with Crippen molar-refractivity contribution in [3.8, 4) is 0 Å². The molecule has 0 saturated carbocycles. The van der Waals surface area contributed by atoms with Crippen LogP contribution in [0.25, 0.3) is 0 Å². The molecule has 0 aliphatic heterocycles. The lowest BCUT2D eigenvalue weighted by atomic mass is 10.4. The molecular weight excluding hydrogens is 248 g/mol. The maximum atomic E-state index is 10.4. The van der Waals surface area contributed by atoms with Gasteiger partial charge in [-0.3, -0.25) is 14.1 Å². The highest BCUT2D eigenvalue weighted by Crippen LogP contribution is 2.05. The van der Waals surface area contributed by atoms with E-state index in [1.807, 2.05) is 0 Å². The Kier molecular flexibility index (Phi) is 6.08. The highest BCUT2D eigenvalue weighted by atomic mass is 32.2. The minimum absolute atomic E-state index is 0.0741. The minimum atomic E-state index is -4.00. The first-order valence-corrected chi connectivity index (χ1v) is 5.89. The number of esters is 2. The van der Waals surface area contributed by atoms with Crippen molar-refractivity contribution < 1.29 is 27.3 Å². The van der Waals surface area contributed by atoms with Gasteiger partial charge in [0.1, 0.15) is 0 Å². The van der Waals surface area contributed by atoms with E-state index in [2.05, 4.69) is 4.74 Å². The van der Waals surface area contributed by atoms with Gasteiger partial charge in [0.05, 0.1) is 4.90 Å². The molecule has 1 aromatic carbocycles. The molecule has 0 bridgehead atoms. The number of carbonyl (C=O) groups is 2. The monoisotopic (exact) mass is 260 g/mol. The first-order chi connectivity index (χ1) is 7.73. The molecule has 17 heavy (non-hydrogen) atoms. The van der Waals surface area contributed by atoms with Crippen LogP contribution in [0.5, 0.6) is 0 Å². The standard InChI is InChI=1S/C6H6O3S.C4H6O3/c7-10(8,9)6-4-2-1-3-5-6;1-3(5)7-4(2)6/h1-5H,(H,7,8,9);1-2H3.